The van der Waals surface area contributed by atoms with Gasteiger partial charge in [-0.2, -0.15) is 0 Å². The number of allylic oxidation sites excluding steroid dienone is 1. The van der Waals surface area contributed by atoms with Gasteiger partial charge in [-0.25, -0.2) is 4.98 Å². The largest absolute Gasteiger partial charge is 0.307 e. The fourth-order valence-corrected chi connectivity index (χ4v) is 4.90. The Kier molecular flexibility index (Phi) is 2.76. The van der Waals surface area contributed by atoms with Gasteiger partial charge < -0.3 is 5.32 Å². The van der Waals surface area contributed by atoms with Crippen molar-refractivity contribution in [1.29, 1.82) is 0 Å². The van der Waals surface area contributed by atoms with Gasteiger partial charge in [-0.15, -0.1) is 0 Å². The van der Waals surface area contributed by atoms with Crippen LogP contribution in [0.4, 0.5) is 0 Å². The highest BCUT2D eigenvalue weighted by molar-refractivity contribution is 6.22. The zero-order valence-corrected chi connectivity index (χ0v) is 15.4. The van der Waals surface area contributed by atoms with E-state index in [4.69, 9.17) is 4.98 Å². The summed E-state index contributed by atoms with van der Waals surface area (Å²) in [5.41, 5.74) is 6.21. The number of benzene rings is 3. The molecule has 0 spiro atoms. The maximum atomic E-state index is 5.12. The molecule has 0 saturated carbocycles. The quantitative estimate of drug-likeness (QED) is 0.321. The van der Waals surface area contributed by atoms with Crippen molar-refractivity contribution in [3.05, 3.63) is 77.6 Å². The lowest BCUT2D eigenvalue weighted by atomic mass is 9.98. The number of nitrogens with zero attached hydrogens (tertiary/aromatic N) is 2. The summed E-state index contributed by atoms with van der Waals surface area (Å²) >= 11 is 0. The van der Waals surface area contributed by atoms with Crippen LogP contribution in [-0.2, 0) is 6.42 Å². The Morgan fingerprint density at radius 2 is 1.89 bits per heavy atom. The van der Waals surface area contributed by atoms with Gasteiger partial charge in [0.1, 0.15) is 5.65 Å². The molecule has 3 heteroatoms. The maximum Gasteiger partial charge on any atom is 0.146 e. The average Bonchev–Trinajstić information content (AvgIpc) is 3.53. The third-order valence-corrected chi connectivity index (χ3v) is 6.34. The molecule has 5 aromatic rings. The fourth-order valence-electron chi connectivity index (χ4n) is 4.90. The Morgan fingerprint density at radius 1 is 0.964 bits per heavy atom. The monoisotopic (exact) mass is 361 g/mol. The van der Waals surface area contributed by atoms with Crippen LogP contribution in [-0.4, -0.2) is 15.9 Å². The van der Waals surface area contributed by atoms with E-state index >= 15 is 0 Å². The third kappa shape index (κ3) is 1.89. The molecule has 7 rings (SSSR count). The number of nitrogens with one attached hydrogen (secondary N) is 1. The van der Waals surface area contributed by atoms with E-state index in [0.717, 1.165) is 30.7 Å². The van der Waals surface area contributed by atoms with Gasteiger partial charge in [-0.3, -0.25) is 4.40 Å². The molecule has 0 bridgehead atoms. The topological polar surface area (TPSA) is 39.2 Å². The van der Waals surface area contributed by atoms with Crippen molar-refractivity contribution >= 4 is 44.2 Å². The summed E-state index contributed by atoms with van der Waals surface area (Å²) in [6.07, 6.45) is 6.56. The molecule has 1 aliphatic carbocycles. The number of hydrogen-bond acceptors (Lipinski definition) is 2. The zero-order valence-electron chi connectivity index (χ0n) is 15.4. The average molecular weight is 361 g/mol. The summed E-state index contributed by atoms with van der Waals surface area (Å²) in [7, 11) is 0. The summed E-state index contributed by atoms with van der Waals surface area (Å²) in [5, 5.41) is 9.90. The number of imidazole rings is 1. The van der Waals surface area contributed by atoms with Crippen LogP contribution in [0.2, 0.25) is 0 Å². The predicted molar refractivity (Wildman–Crippen MR) is 116 cm³/mol. The van der Waals surface area contributed by atoms with Crippen molar-refractivity contribution in [2.45, 2.75) is 18.9 Å². The Hall–Kier alpha value is -3.17. The van der Waals surface area contributed by atoms with E-state index in [1.807, 2.05) is 0 Å². The normalized spacial score (nSPS) is 18.4. The van der Waals surface area contributed by atoms with E-state index in [9.17, 15) is 0 Å². The highest BCUT2D eigenvalue weighted by atomic mass is 15.1. The standard InChI is InChI=1S/C25H19N3/c1-2-6-17-15(5-1)9-11-18-19-13-16(21-14-26-21)10-12-22(19)28-23-8-4-3-7-20(23)27-25(28)24(17)18/h1-3,5-7,9-13,21,26H,4,8,14H2. The van der Waals surface area contributed by atoms with Crippen molar-refractivity contribution in [2.24, 2.45) is 0 Å². The molecule has 0 amide bonds. The molecule has 1 N–H and O–H groups in total. The van der Waals surface area contributed by atoms with Gasteiger partial charge in [0.2, 0.25) is 0 Å². The summed E-state index contributed by atoms with van der Waals surface area (Å²) in [6, 6.07) is 20.7. The number of rotatable bonds is 1. The highest BCUT2D eigenvalue weighted by Crippen LogP contribution is 2.38. The summed E-state index contributed by atoms with van der Waals surface area (Å²) in [6.45, 7) is 1.08. The van der Waals surface area contributed by atoms with E-state index in [1.54, 1.807) is 0 Å². The van der Waals surface area contributed by atoms with Crippen LogP contribution in [0.5, 0.6) is 0 Å². The molecule has 1 aliphatic heterocycles. The SMILES string of the molecule is C1=Cc2nc3c4c5ccccc5ccc4c4cc(C5CN5)ccc4n3c2CC1. The Morgan fingerprint density at radius 3 is 2.82 bits per heavy atom. The first-order valence-electron chi connectivity index (χ1n) is 10.1. The van der Waals surface area contributed by atoms with E-state index in [2.05, 4.69) is 76.5 Å². The third-order valence-electron chi connectivity index (χ3n) is 6.34. The molecule has 1 saturated heterocycles. The zero-order chi connectivity index (χ0) is 18.2. The molecular formula is C25H19N3. The minimum absolute atomic E-state index is 0.509. The first kappa shape index (κ1) is 14.8. The fraction of sp³-hybridized carbons (Fsp3) is 0.160. The number of hydrogen-bond donors (Lipinski definition) is 1. The molecular weight excluding hydrogens is 342 g/mol. The smallest absolute Gasteiger partial charge is 0.146 e. The molecule has 3 heterocycles. The molecule has 2 aliphatic rings. The van der Waals surface area contributed by atoms with Crippen LogP contribution in [0.3, 0.4) is 0 Å². The minimum Gasteiger partial charge on any atom is -0.307 e. The molecule has 2 aromatic heterocycles. The van der Waals surface area contributed by atoms with Crippen molar-refractivity contribution < 1.29 is 0 Å². The van der Waals surface area contributed by atoms with Crippen molar-refractivity contribution in [1.82, 2.24) is 14.7 Å². The van der Waals surface area contributed by atoms with Gasteiger partial charge in [0.05, 0.1) is 16.9 Å². The van der Waals surface area contributed by atoms with E-state index in [1.165, 1.54) is 43.7 Å². The lowest BCUT2D eigenvalue weighted by molar-refractivity contribution is 0.921. The lowest BCUT2D eigenvalue weighted by Crippen LogP contribution is -2.00. The van der Waals surface area contributed by atoms with Crippen molar-refractivity contribution in [3.63, 3.8) is 0 Å². The van der Waals surface area contributed by atoms with Gasteiger partial charge in [0.25, 0.3) is 0 Å². The first-order valence-corrected chi connectivity index (χ1v) is 10.1. The second-order valence-corrected chi connectivity index (χ2v) is 7.99. The summed E-state index contributed by atoms with van der Waals surface area (Å²) in [5.74, 6) is 0. The van der Waals surface area contributed by atoms with E-state index < -0.39 is 0 Å². The second-order valence-electron chi connectivity index (χ2n) is 7.99. The molecule has 3 nitrogen and oxygen atoms in total. The number of aryl methyl sites for hydroxylation is 1. The first-order chi connectivity index (χ1) is 13.9. The van der Waals surface area contributed by atoms with Gasteiger partial charge in [-0.05, 0) is 52.8 Å². The van der Waals surface area contributed by atoms with Crippen LogP contribution >= 0.6 is 0 Å². The molecule has 134 valence electrons. The Labute approximate surface area is 162 Å². The van der Waals surface area contributed by atoms with Gasteiger partial charge >= 0.3 is 0 Å². The molecule has 28 heavy (non-hydrogen) atoms. The molecule has 3 aromatic carbocycles. The van der Waals surface area contributed by atoms with Gasteiger partial charge in [0, 0.05) is 23.4 Å². The summed E-state index contributed by atoms with van der Waals surface area (Å²) in [4.78, 5) is 5.12. The minimum atomic E-state index is 0.509. The Bertz CT molecular complexity index is 1470. The lowest BCUT2D eigenvalue weighted by Gasteiger charge is -2.14. The molecule has 1 unspecified atom stereocenters. The molecule has 0 radical (unpaired) electrons. The maximum absolute atomic E-state index is 5.12. The highest BCUT2D eigenvalue weighted by Gasteiger charge is 2.24. The number of fused-ring (bicyclic) bond motifs is 10. The molecule has 1 fully saturated rings. The van der Waals surface area contributed by atoms with Crippen LogP contribution in [0.1, 0.15) is 29.4 Å². The number of aromatic nitrogens is 2. The number of pyridine rings is 1. The van der Waals surface area contributed by atoms with Crippen molar-refractivity contribution in [3.8, 4) is 0 Å². The van der Waals surface area contributed by atoms with Crippen LogP contribution in [0.25, 0.3) is 44.2 Å². The van der Waals surface area contributed by atoms with Gasteiger partial charge in [0.15, 0.2) is 0 Å². The summed E-state index contributed by atoms with van der Waals surface area (Å²) < 4.78 is 2.42. The molecule has 1 atom stereocenters. The predicted octanol–water partition coefficient (Wildman–Crippen LogP) is 5.40. The second kappa shape index (κ2) is 5.21. The van der Waals surface area contributed by atoms with Crippen LogP contribution in [0.15, 0.2) is 60.7 Å². The van der Waals surface area contributed by atoms with Crippen LogP contribution in [0, 0.1) is 0 Å². The van der Waals surface area contributed by atoms with E-state index in [-0.39, 0.29) is 0 Å². The van der Waals surface area contributed by atoms with Crippen LogP contribution < -0.4 is 5.32 Å². The Balaban J connectivity index is 1.78. The van der Waals surface area contributed by atoms with Crippen molar-refractivity contribution in [2.75, 3.05) is 6.54 Å². The van der Waals surface area contributed by atoms with E-state index in [0.29, 0.717) is 6.04 Å². The van der Waals surface area contributed by atoms with Gasteiger partial charge in [-0.1, -0.05) is 48.5 Å².